The Morgan fingerprint density at radius 3 is 2.06 bits per heavy atom. The van der Waals surface area contributed by atoms with E-state index >= 15 is 0 Å². The van der Waals surface area contributed by atoms with Crippen molar-refractivity contribution in [2.45, 2.75) is 39.3 Å². The first-order valence-electron chi connectivity index (χ1n) is 5.37. The molecule has 0 heterocycles. The standard InChI is InChI=1S/C10H16F3NO4/c1-3-9(4-2,8(16)17)5-7(15)14-18-6-10(11,12)13/h3-6H2,1-2H3,(H,14,15)(H,16,17). The molecule has 0 radical (unpaired) electrons. The first-order valence-corrected chi connectivity index (χ1v) is 5.37. The Morgan fingerprint density at radius 1 is 1.22 bits per heavy atom. The normalized spacial score (nSPS) is 12.3. The van der Waals surface area contributed by atoms with E-state index in [0.717, 1.165) is 0 Å². The predicted octanol–water partition coefficient (Wildman–Crippen LogP) is 1.88. The zero-order chi connectivity index (χ0) is 14.4. The van der Waals surface area contributed by atoms with E-state index in [1.54, 1.807) is 19.3 Å². The van der Waals surface area contributed by atoms with E-state index in [2.05, 4.69) is 4.84 Å². The number of carbonyl (C=O) groups is 2. The number of amides is 1. The smallest absolute Gasteiger partial charge is 0.414 e. The zero-order valence-electron chi connectivity index (χ0n) is 10.1. The Labute approximate surface area is 102 Å². The average Bonchev–Trinajstić information content (AvgIpc) is 2.23. The second kappa shape index (κ2) is 6.58. The molecule has 5 nitrogen and oxygen atoms in total. The number of aliphatic carboxylic acids is 1. The summed E-state index contributed by atoms with van der Waals surface area (Å²) in [6, 6.07) is 0. The average molecular weight is 271 g/mol. The highest BCUT2D eigenvalue weighted by Gasteiger charge is 2.37. The molecule has 0 aliphatic carbocycles. The van der Waals surface area contributed by atoms with Crippen LogP contribution in [0.15, 0.2) is 0 Å². The molecule has 0 aromatic heterocycles. The van der Waals surface area contributed by atoms with Gasteiger partial charge in [0.15, 0.2) is 6.61 Å². The van der Waals surface area contributed by atoms with Crippen LogP contribution in [-0.4, -0.2) is 29.8 Å². The number of rotatable bonds is 7. The summed E-state index contributed by atoms with van der Waals surface area (Å²) in [5.74, 6) is -2.04. The lowest BCUT2D eigenvalue weighted by Crippen LogP contribution is -2.38. The quantitative estimate of drug-likeness (QED) is 0.693. The van der Waals surface area contributed by atoms with Gasteiger partial charge in [-0.1, -0.05) is 13.8 Å². The van der Waals surface area contributed by atoms with Crippen LogP contribution < -0.4 is 5.48 Å². The van der Waals surface area contributed by atoms with Crippen LogP contribution in [0.2, 0.25) is 0 Å². The Bertz CT molecular complexity index is 300. The molecule has 1 amide bonds. The molecule has 18 heavy (non-hydrogen) atoms. The number of alkyl halides is 3. The molecule has 2 N–H and O–H groups in total. The van der Waals surface area contributed by atoms with Crippen LogP contribution in [0, 0.1) is 5.41 Å². The fraction of sp³-hybridized carbons (Fsp3) is 0.800. The minimum absolute atomic E-state index is 0.200. The van der Waals surface area contributed by atoms with Crippen molar-refractivity contribution in [3.63, 3.8) is 0 Å². The summed E-state index contributed by atoms with van der Waals surface area (Å²) in [5, 5.41) is 9.03. The summed E-state index contributed by atoms with van der Waals surface area (Å²) in [4.78, 5) is 26.3. The Kier molecular flexibility index (Phi) is 6.10. The second-order valence-electron chi connectivity index (χ2n) is 3.90. The fourth-order valence-electron chi connectivity index (χ4n) is 1.42. The van der Waals surface area contributed by atoms with Gasteiger partial charge in [-0.2, -0.15) is 13.2 Å². The number of carboxylic acids is 1. The Balaban J connectivity index is 4.33. The summed E-state index contributed by atoms with van der Waals surface area (Å²) in [7, 11) is 0. The van der Waals surface area contributed by atoms with Gasteiger partial charge in [-0.05, 0) is 12.8 Å². The van der Waals surface area contributed by atoms with Crippen LogP contribution in [0.1, 0.15) is 33.1 Å². The molecule has 106 valence electrons. The molecule has 0 aromatic carbocycles. The third-order valence-corrected chi connectivity index (χ3v) is 2.73. The summed E-state index contributed by atoms with van der Waals surface area (Å²) in [5.41, 5.74) is 0.324. The lowest BCUT2D eigenvalue weighted by atomic mass is 9.79. The number of hydroxylamine groups is 1. The summed E-state index contributed by atoms with van der Waals surface area (Å²) in [6.45, 7) is 1.58. The van der Waals surface area contributed by atoms with Crippen LogP contribution >= 0.6 is 0 Å². The van der Waals surface area contributed by atoms with Crippen molar-refractivity contribution in [2.24, 2.45) is 5.41 Å². The predicted molar refractivity (Wildman–Crippen MR) is 55.4 cm³/mol. The maximum Gasteiger partial charge on any atom is 0.414 e. The number of carbonyl (C=O) groups excluding carboxylic acids is 1. The third-order valence-electron chi connectivity index (χ3n) is 2.73. The number of halogens is 3. The molecule has 0 saturated heterocycles. The fourth-order valence-corrected chi connectivity index (χ4v) is 1.42. The number of hydrogen-bond donors (Lipinski definition) is 2. The van der Waals surface area contributed by atoms with Crippen molar-refractivity contribution in [3.05, 3.63) is 0 Å². The van der Waals surface area contributed by atoms with Crippen LogP contribution in [0.4, 0.5) is 13.2 Å². The Hall–Kier alpha value is -1.31. The molecule has 0 aromatic rings. The van der Waals surface area contributed by atoms with Gasteiger partial charge in [0, 0.05) is 6.42 Å². The zero-order valence-corrected chi connectivity index (χ0v) is 10.1. The number of carboxylic acid groups (broad SMARTS) is 1. The van der Waals surface area contributed by atoms with Gasteiger partial charge in [-0.15, -0.1) is 0 Å². The molecular weight excluding hydrogens is 255 g/mol. The molecule has 8 heteroatoms. The minimum atomic E-state index is -4.55. The van der Waals surface area contributed by atoms with Crippen LogP contribution in [0.5, 0.6) is 0 Å². The van der Waals surface area contributed by atoms with Gasteiger partial charge in [0.25, 0.3) is 0 Å². The number of hydrogen-bond acceptors (Lipinski definition) is 3. The van der Waals surface area contributed by atoms with Crippen LogP contribution in [0.25, 0.3) is 0 Å². The molecular formula is C10H16F3NO4. The van der Waals surface area contributed by atoms with Gasteiger partial charge in [0.05, 0.1) is 5.41 Å². The van der Waals surface area contributed by atoms with Crippen LogP contribution in [0.3, 0.4) is 0 Å². The van der Waals surface area contributed by atoms with Crippen molar-refractivity contribution in [3.8, 4) is 0 Å². The van der Waals surface area contributed by atoms with E-state index in [9.17, 15) is 22.8 Å². The lowest BCUT2D eigenvalue weighted by molar-refractivity contribution is -0.192. The van der Waals surface area contributed by atoms with Crippen molar-refractivity contribution >= 4 is 11.9 Å². The third kappa shape index (κ3) is 5.35. The van der Waals surface area contributed by atoms with Gasteiger partial charge in [0.1, 0.15) is 0 Å². The molecule has 0 bridgehead atoms. The highest BCUT2D eigenvalue weighted by atomic mass is 19.4. The highest BCUT2D eigenvalue weighted by molar-refractivity contribution is 5.84. The molecule has 0 unspecified atom stereocenters. The van der Waals surface area contributed by atoms with E-state index in [1.807, 2.05) is 0 Å². The van der Waals surface area contributed by atoms with Crippen LogP contribution in [-0.2, 0) is 14.4 Å². The van der Waals surface area contributed by atoms with Gasteiger partial charge >= 0.3 is 12.1 Å². The van der Waals surface area contributed by atoms with Gasteiger partial charge in [-0.3, -0.25) is 14.4 Å². The summed E-state index contributed by atoms with van der Waals surface area (Å²) < 4.78 is 35.2. The van der Waals surface area contributed by atoms with E-state index in [-0.39, 0.29) is 12.8 Å². The van der Waals surface area contributed by atoms with E-state index < -0.39 is 36.5 Å². The first-order chi connectivity index (χ1) is 8.17. The maximum atomic E-state index is 11.7. The molecule has 0 aliphatic heterocycles. The van der Waals surface area contributed by atoms with Gasteiger partial charge in [0.2, 0.25) is 5.91 Å². The molecule has 0 rings (SSSR count). The van der Waals surface area contributed by atoms with E-state index in [0.29, 0.717) is 0 Å². The lowest BCUT2D eigenvalue weighted by Gasteiger charge is -2.25. The second-order valence-corrected chi connectivity index (χ2v) is 3.90. The topological polar surface area (TPSA) is 75.6 Å². The van der Waals surface area contributed by atoms with E-state index in [1.165, 1.54) is 0 Å². The van der Waals surface area contributed by atoms with Gasteiger partial charge in [-0.25, -0.2) is 5.48 Å². The van der Waals surface area contributed by atoms with Gasteiger partial charge < -0.3 is 5.11 Å². The highest BCUT2D eigenvalue weighted by Crippen LogP contribution is 2.30. The SMILES string of the molecule is CCC(CC)(CC(=O)NOCC(F)(F)F)C(=O)O. The summed E-state index contributed by atoms with van der Waals surface area (Å²) >= 11 is 0. The summed E-state index contributed by atoms with van der Waals surface area (Å²) in [6.07, 6.45) is -4.57. The van der Waals surface area contributed by atoms with Crippen molar-refractivity contribution in [2.75, 3.05) is 6.61 Å². The maximum absolute atomic E-state index is 11.7. The molecule has 0 saturated carbocycles. The monoisotopic (exact) mass is 271 g/mol. The van der Waals surface area contributed by atoms with E-state index in [4.69, 9.17) is 5.11 Å². The minimum Gasteiger partial charge on any atom is -0.481 e. The van der Waals surface area contributed by atoms with Crippen molar-refractivity contribution in [1.29, 1.82) is 0 Å². The number of nitrogens with one attached hydrogen (secondary N) is 1. The first kappa shape index (κ1) is 16.7. The van der Waals surface area contributed by atoms with Crippen molar-refractivity contribution in [1.82, 2.24) is 5.48 Å². The largest absolute Gasteiger partial charge is 0.481 e. The van der Waals surface area contributed by atoms with Crippen molar-refractivity contribution < 1.29 is 32.7 Å². The molecule has 0 fully saturated rings. The molecule has 0 aliphatic rings. The Morgan fingerprint density at radius 2 is 1.72 bits per heavy atom. The molecule has 0 spiro atoms. The molecule has 0 atom stereocenters.